The van der Waals surface area contributed by atoms with Crippen molar-refractivity contribution < 1.29 is 14.3 Å². The minimum absolute atomic E-state index is 0.218. The molecule has 0 radical (unpaired) electrons. The van der Waals surface area contributed by atoms with E-state index in [-0.39, 0.29) is 16.6 Å². The van der Waals surface area contributed by atoms with Crippen LogP contribution in [0.2, 0.25) is 0 Å². The zero-order chi connectivity index (χ0) is 15.2. The molecule has 0 atom stereocenters. The smallest absolute Gasteiger partial charge is 0.367 e. The van der Waals surface area contributed by atoms with E-state index >= 15 is 0 Å². The fourth-order valence-electron chi connectivity index (χ4n) is 2.11. The van der Waals surface area contributed by atoms with Gasteiger partial charge in [0.15, 0.2) is 0 Å². The monoisotopic (exact) mass is 311 g/mol. The molecule has 6 nitrogen and oxygen atoms in total. The van der Waals surface area contributed by atoms with Gasteiger partial charge in [0.05, 0.1) is 6.61 Å². The van der Waals surface area contributed by atoms with Gasteiger partial charge in [-0.2, -0.15) is 0 Å². The van der Waals surface area contributed by atoms with Crippen LogP contribution in [0.15, 0.2) is 5.38 Å². The Morgan fingerprint density at radius 1 is 1.48 bits per heavy atom. The van der Waals surface area contributed by atoms with Crippen molar-refractivity contribution in [1.29, 1.82) is 0 Å². The molecule has 7 heteroatoms. The second-order valence-electron chi connectivity index (χ2n) is 4.87. The predicted molar refractivity (Wildman–Crippen MR) is 80.7 cm³/mol. The number of carbonyl (C=O) groups excluding carboxylic acids is 2. The third-order valence-corrected chi connectivity index (χ3v) is 4.16. The molecule has 0 bridgehead atoms. The first-order valence-corrected chi connectivity index (χ1v) is 8.18. The maximum atomic E-state index is 12.0. The molecular weight excluding hydrogens is 290 g/mol. The standard InChI is InChI=1S/C14H21N3O3S/c1-3-17(10-5-6-10)8-7-15-12(18)11-9-21-13(16-11)14(19)20-4-2/h9-10H,3-8H2,1-2H3,(H,15,18). The summed E-state index contributed by atoms with van der Waals surface area (Å²) in [6.07, 6.45) is 2.52. The number of aromatic nitrogens is 1. The molecule has 2 rings (SSSR count). The topological polar surface area (TPSA) is 71.5 Å². The van der Waals surface area contributed by atoms with Gasteiger partial charge >= 0.3 is 5.97 Å². The molecule has 1 aliphatic rings. The van der Waals surface area contributed by atoms with Crippen molar-refractivity contribution in [3.63, 3.8) is 0 Å². The lowest BCUT2D eigenvalue weighted by molar-refractivity contribution is 0.0526. The van der Waals surface area contributed by atoms with Gasteiger partial charge in [-0.15, -0.1) is 11.3 Å². The molecule has 1 N–H and O–H groups in total. The number of amides is 1. The molecular formula is C14H21N3O3S. The molecule has 0 spiro atoms. The molecule has 0 saturated heterocycles. The average Bonchev–Trinajstić information content (AvgIpc) is 3.19. The van der Waals surface area contributed by atoms with Gasteiger partial charge in [0, 0.05) is 24.5 Å². The van der Waals surface area contributed by atoms with Crippen molar-refractivity contribution in [3.8, 4) is 0 Å². The highest BCUT2D eigenvalue weighted by Gasteiger charge is 2.27. The van der Waals surface area contributed by atoms with Crippen LogP contribution in [-0.2, 0) is 4.74 Å². The number of hydrogen-bond acceptors (Lipinski definition) is 6. The Morgan fingerprint density at radius 3 is 2.86 bits per heavy atom. The first kappa shape index (κ1) is 15.9. The van der Waals surface area contributed by atoms with E-state index in [1.54, 1.807) is 12.3 Å². The summed E-state index contributed by atoms with van der Waals surface area (Å²) in [5, 5.41) is 4.64. The number of nitrogens with one attached hydrogen (secondary N) is 1. The van der Waals surface area contributed by atoms with Crippen LogP contribution in [0, 0.1) is 0 Å². The Kier molecular flexibility index (Phi) is 5.69. The third-order valence-electron chi connectivity index (χ3n) is 3.34. The summed E-state index contributed by atoms with van der Waals surface area (Å²) in [7, 11) is 0. The molecule has 0 unspecified atom stereocenters. The van der Waals surface area contributed by atoms with Gasteiger partial charge in [-0.1, -0.05) is 6.92 Å². The second-order valence-corrected chi connectivity index (χ2v) is 5.73. The Morgan fingerprint density at radius 2 is 2.24 bits per heavy atom. The van der Waals surface area contributed by atoms with Gasteiger partial charge in [-0.05, 0) is 26.3 Å². The first-order valence-electron chi connectivity index (χ1n) is 7.30. The van der Waals surface area contributed by atoms with Gasteiger partial charge in [-0.25, -0.2) is 9.78 Å². The van der Waals surface area contributed by atoms with E-state index < -0.39 is 5.97 Å². The number of ether oxygens (including phenoxy) is 1. The van der Waals surface area contributed by atoms with E-state index in [4.69, 9.17) is 4.74 Å². The molecule has 1 aromatic heterocycles. The zero-order valence-corrected chi connectivity index (χ0v) is 13.2. The molecule has 116 valence electrons. The number of esters is 1. The van der Waals surface area contributed by atoms with Crippen molar-refractivity contribution in [2.45, 2.75) is 32.7 Å². The van der Waals surface area contributed by atoms with Crippen LogP contribution in [0.4, 0.5) is 0 Å². The Labute approximate surface area is 128 Å². The molecule has 21 heavy (non-hydrogen) atoms. The Bertz CT molecular complexity index is 499. The van der Waals surface area contributed by atoms with Crippen LogP contribution in [0.3, 0.4) is 0 Å². The van der Waals surface area contributed by atoms with Crippen LogP contribution in [0.25, 0.3) is 0 Å². The molecule has 1 fully saturated rings. The van der Waals surface area contributed by atoms with E-state index in [2.05, 4.69) is 22.1 Å². The zero-order valence-electron chi connectivity index (χ0n) is 12.4. The first-order chi connectivity index (χ1) is 10.2. The fraction of sp³-hybridized carbons (Fsp3) is 0.643. The van der Waals surface area contributed by atoms with E-state index in [1.807, 2.05) is 0 Å². The van der Waals surface area contributed by atoms with Crippen LogP contribution in [-0.4, -0.2) is 54.0 Å². The molecule has 0 aromatic carbocycles. The maximum absolute atomic E-state index is 12.0. The molecule has 1 saturated carbocycles. The number of thiazole rings is 1. The molecule has 1 aromatic rings. The van der Waals surface area contributed by atoms with Crippen molar-refractivity contribution in [2.24, 2.45) is 0 Å². The molecule has 1 amide bonds. The minimum Gasteiger partial charge on any atom is -0.461 e. The lowest BCUT2D eigenvalue weighted by Gasteiger charge is -2.19. The normalized spacial score (nSPS) is 14.2. The number of rotatable bonds is 8. The average molecular weight is 311 g/mol. The lowest BCUT2D eigenvalue weighted by Crippen LogP contribution is -2.36. The highest BCUT2D eigenvalue weighted by atomic mass is 32.1. The van der Waals surface area contributed by atoms with Crippen molar-refractivity contribution in [2.75, 3.05) is 26.2 Å². The number of carbonyl (C=O) groups is 2. The van der Waals surface area contributed by atoms with Crippen LogP contribution < -0.4 is 5.32 Å². The summed E-state index contributed by atoms with van der Waals surface area (Å²) in [5.41, 5.74) is 0.275. The van der Waals surface area contributed by atoms with E-state index in [0.717, 1.165) is 24.4 Å². The Hall–Kier alpha value is -1.47. The van der Waals surface area contributed by atoms with Gasteiger partial charge in [0.2, 0.25) is 5.01 Å². The largest absolute Gasteiger partial charge is 0.461 e. The summed E-state index contributed by atoms with van der Waals surface area (Å²) in [6.45, 7) is 6.61. The number of likely N-dealkylation sites (N-methyl/N-ethyl adjacent to an activating group) is 1. The quantitative estimate of drug-likeness (QED) is 0.737. The van der Waals surface area contributed by atoms with Crippen LogP contribution in [0.5, 0.6) is 0 Å². The maximum Gasteiger partial charge on any atom is 0.367 e. The third kappa shape index (κ3) is 4.50. The van der Waals surface area contributed by atoms with Crippen molar-refractivity contribution >= 4 is 23.2 Å². The fourth-order valence-corrected chi connectivity index (χ4v) is 2.80. The van der Waals surface area contributed by atoms with Gasteiger partial charge < -0.3 is 10.1 Å². The summed E-state index contributed by atoms with van der Waals surface area (Å²) < 4.78 is 4.85. The van der Waals surface area contributed by atoms with Gasteiger partial charge in [0.1, 0.15) is 5.69 Å². The second kappa shape index (κ2) is 7.51. The number of hydrogen-bond donors (Lipinski definition) is 1. The van der Waals surface area contributed by atoms with Crippen LogP contribution in [0.1, 0.15) is 47.0 Å². The van der Waals surface area contributed by atoms with Crippen molar-refractivity contribution in [1.82, 2.24) is 15.2 Å². The minimum atomic E-state index is -0.479. The van der Waals surface area contributed by atoms with E-state index in [9.17, 15) is 9.59 Å². The predicted octanol–water partition coefficient (Wildman–Crippen LogP) is 1.53. The summed E-state index contributed by atoms with van der Waals surface area (Å²) in [4.78, 5) is 29.8. The van der Waals surface area contributed by atoms with Crippen molar-refractivity contribution in [3.05, 3.63) is 16.1 Å². The number of nitrogens with zero attached hydrogens (tertiary/aromatic N) is 2. The lowest BCUT2D eigenvalue weighted by atomic mass is 10.4. The van der Waals surface area contributed by atoms with E-state index in [0.29, 0.717) is 19.2 Å². The summed E-state index contributed by atoms with van der Waals surface area (Å²) in [5.74, 6) is -0.721. The highest BCUT2D eigenvalue weighted by Crippen LogP contribution is 2.25. The molecule has 0 aliphatic heterocycles. The highest BCUT2D eigenvalue weighted by molar-refractivity contribution is 7.11. The Balaban J connectivity index is 1.79. The van der Waals surface area contributed by atoms with Crippen LogP contribution >= 0.6 is 11.3 Å². The molecule has 1 aliphatic carbocycles. The molecule has 1 heterocycles. The summed E-state index contributed by atoms with van der Waals surface area (Å²) in [6, 6.07) is 0.696. The van der Waals surface area contributed by atoms with E-state index in [1.165, 1.54) is 12.8 Å². The van der Waals surface area contributed by atoms with Gasteiger partial charge in [0.25, 0.3) is 5.91 Å². The SMILES string of the molecule is CCOC(=O)c1nc(C(=O)NCCN(CC)C2CC2)cs1. The summed E-state index contributed by atoms with van der Waals surface area (Å²) >= 11 is 1.13. The van der Waals surface area contributed by atoms with Gasteiger partial charge in [-0.3, -0.25) is 9.69 Å².